The Hall–Kier alpha value is -2.36. The lowest BCUT2D eigenvalue weighted by atomic mass is 9.75. The van der Waals surface area contributed by atoms with E-state index in [4.69, 9.17) is 9.47 Å². The van der Waals surface area contributed by atoms with Crippen LogP contribution in [0.5, 0.6) is 0 Å². The molecule has 4 nitrogen and oxygen atoms in total. The lowest BCUT2D eigenvalue weighted by Crippen LogP contribution is -2.36. The lowest BCUT2D eigenvalue weighted by molar-refractivity contribution is -0.0183. The standard InChI is InChI=1S/C32H44O4/c1-19(2)23-13-11-21(5)17-29(23)35-31(33)27-15-16-28(26-10-8-7-9-25(26)27)32(34)36-30-18-22(6)12-14-24(30)20(3)4/h7-10,15-16,19-24,29-30H,11-14,17-18H2,1-6H3/t21-,22-,23-,24-,29+,30+/m1/s1. The Balaban J connectivity index is 1.58. The zero-order chi connectivity index (χ0) is 26.0. The average molecular weight is 493 g/mol. The Kier molecular flexibility index (Phi) is 8.42. The van der Waals surface area contributed by atoms with Gasteiger partial charge < -0.3 is 9.47 Å². The third-order valence-electron chi connectivity index (χ3n) is 8.80. The number of hydrogen-bond donors (Lipinski definition) is 0. The van der Waals surface area contributed by atoms with E-state index in [-0.39, 0.29) is 24.1 Å². The summed E-state index contributed by atoms with van der Waals surface area (Å²) in [6.45, 7) is 13.3. The van der Waals surface area contributed by atoms with Gasteiger partial charge in [-0.05, 0) is 84.1 Å². The first-order chi connectivity index (χ1) is 17.2. The van der Waals surface area contributed by atoms with Crippen molar-refractivity contribution in [3.05, 3.63) is 47.5 Å². The fourth-order valence-corrected chi connectivity index (χ4v) is 6.56. The van der Waals surface area contributed by atoms with Crippen molar-refractivity contribution in [3.63, 3.8) is 0 Å². The van der Waals surface area contributed by atoms with Crippen LogP contribution in [-0.4, -0.2) is 24.1 Å². The smallest absolute Gasteiger partial charge is 0.339 e. The molecule has 0 spiro atoms. The Morgan fingerprint density at radius 3 is 1.42 bits per heavy atom. The number of rotatable bonds is 6. The second kappa shape index (κ2) is 11.4. The predicted molar refractivity (Wildman–Crippen MR) is 145 cm³/mol. The van der Waals surface area contributed by atoms with Crippen LogP contribution in [-0.2, 0) is 9.47 Å². The Morgan fingerprint density at radius 1 is 0.667 bits per heavy atom. The van der Waals surface area contributed by atoms with Crippen LogP contribution >= 0.6 is 0 Å². The molecule has 2 aromatic rings. The third kappa shape index (κ3) is 5.79. The monoisotopic (exact) mass is 492 g/mol. The zero-order valence-electron chi connectivity index (χ0n) is 23.0. The van der Waals surface area contributed by atoms with Crippen molar-refractivity contribution in [1.82, 2.24) is 0 Å². The van der Waals surface area contributed by atoms with Crippen LogP contribution in [0.1, 0.15) is 101 Å². The summed E-state index contributed by atoms with van der Waals surface area (Å²) in [5.41, 5.74) is 1.04. The highest BCUT2D eigenvalue weighted by Crippen LogP contribution is 2.38. The first-order valence-corrected chi connectivity index (χ1v) is 14.1. The number of fused-ring (bicyclic) bond motifs is 1. The minimum atomic E-state index is -0.295. The van der Waals surface area contributed by atoms with Gasteiger partial charge in [-0.15, -0.1) is 0 Å². The maximum absolute atomic E-state index is 13.4. The molecule has 0 aromatic heterocycles. The summed E-state index contributed by atoms with van der Waals surface area (Å²) >= 11 is 0. The zero-order valence-corrected chi connectivity index (χ0v) is 23.0. The van der Waals surface area contributed by atoms with E-state index < -0.39 is 0 Å². The van der Waals surface area contributed by atoms with Crippen LogP contribution in [0.2, 0.25) is 0 Å². The summed E-state index contributed by atoms with van der Waals surface area (Å²) in [6.07, 6.45) is 6.26. The largest absolute Gasteiger partial charge is 0.458 e. The molecule has 0 unspecified atom stereocenters. The maximum atomic E-state index is 13.4. The van der Waals surface area contributed by atoms with E-state index in [2.05, 4.69) is 41.5 Å². The van der Waals surface area contributed by atoms with Gasteiger partial charge in [0, 0.05) is 0 Å². The summed E-state index contributed by atoms with van der Waals surface area (Å²) in [5.74, 6) is 2.25. The number of carbonyl (C=O) groups excluding carboxylic acids is 2. The molecule has 6 atom stereocenters. The van der Waals surface area contributed by atoms with E-state index in [9.17, 15) is 9.59 Å². The van der Waals surface area contributed by atoms with E-state index in [0.29, 0.717) is 46.6 Å². The second-order valence-electron chi connectivity index (χ2n) is 12.2. The SMILES string of the molecule is CC(C)[C@H]1CC[C@@H](C)C[C@@H]1OC(=O)c1ccc(C(=O)O[C@H]2C[C@H](C)CC[C@@H]2C(C)C)c2ccccc12. The topological polar surface area (TPSA) is 52.6 Å². The summed E-state index contributed by atoms with van der Waals surface area (Å²) in [7, 11) is 0. The summed E-state index contributed by atoms with van der Waals surface area (Å²) in [5, 5.41) is 1.50. The minimum absolute atomic E-state index is 0.0640. The van der Waals surface area contributed by atoms with Gasteiger partial charge in [0.25, 0.3) is 0 Å². The van der Waals surface area contributed by atoms with Gasteiger partial charge in [-0.2, -0.15) is 0 Å². The first-order valence-electron chi connectivity index (χ1n) is 14.1. The normalized spacial score (nSPS) is 28.9. The van der Waals surface area contributed by atoms with Crippen molar-refractivity contribution in [2.24, 2.45) is 35.5 Å². The first kappa shape index (κ1) is 26.7. The summed E-state index contributed by atoms with van der Waals surface area (Å²) in [4.78, 5) is 26.8. The predicted octanol–water partition coefficient (Wildman–Crippen LogP) is 8.08. The molecule has 0 aliphatic heterocycles. The van der Waals surface area contributed by atoms with Crippen molar-refractivity contribution < 1.29 is 19.1 Å². The van der Waals surface area contributed by atoms with Crippen molar-refractivity contribution >= 4 is 22.7 Å². The van der Waals surface area contributed by atoms with Gasteiger partial charge in [0.05, 0.1) is 11.1 Å². The molecule has 196 valence electrons. The minimum Gasteiger partial charge on any atom is -0.458 e. The molecule has 36 heavy (non-hydrogen) atoms. The molecule has 0 amide bonds. The highest BCUT2D eigenvalue weighted by Gasteiger charge is 2.35. The number of benzene rings is 2. The molecular formula is C32H44O4. The lowest BCUT2D eigenvalue weighted by Gasteiger charge is -2.37. The van der Waals surface area contributed by atoms with Gasteiger partial charge in [0.1, 0.15) is 12.2 Å². The molecule has 2 aliphatic carbocycles. The molecule has 4 heteroatoms. The molecule has 0 saturated heterocycles. The molecule has 2 fully saturated rings. The van der Waals surface area contributed by atoms with Gasteiger partial charge in [-0.1, -0.05) is 78.6 Å². The van der Waals surface area contributed by atoms with Crippen LogP contribution in [0, 0.1) is 35.5 Å². The van der Waals surface area contributed by atoms with Gasteiger partial charge in [-0.3, -0.25) is 0 Å². The van der Waals surface area contributed by atoms with Crippen LogP contribution in [0.25, 0.3) is 10.8 Å². The number of ether oxygens (including phenoxy) is 2. The van der Waals surface area contributed by atoms with Crippen LogP contribution in [0.3, 0.4) is 0 Å². The third-order valence-corrected chi connectivity index (χ3v) is 8.80. The van der Waals surface area contributed by atoms with E-state index in [1.165, 1.54) is 12.8 Å². The van der Waals surface area contributed by atoms with Crippen LogP contribution in [0.4, 0.5) is 0 Å². The number of hydrogen-bond acceptors (Lipinski definition) is 4. The van der Waals surface area contributed by atoms with E-state index >= 15 is 0 Å². The van der Waals surface area contributed by atoms with Crippen molar-refractivity contribution in [2.75, 3.05) is 0 Å². The quantitative estimate of drug-likeness (QED) is 0.383. The van der Waals surface area contributed by atoms with Gasteiger partial charge in [0.2, 0.25) is 0 Å². The van der Waals surface area contributed by atoms with E-state index in [0.717, 1.165) is 36.5 Å². The van der Waals surface area contributed by atoms with Gasteiger partial charge in [0.15, 0.2) is 0 Å². The van der Waals surface area contributed by atoms with Crippen molar-refractivity contribution in [3.8, 4) is 0 Å². The molecule has 2 aliphatic rings. The maximum Gasteiger partial charge on any atom is 0.339 e. The number of esters is 2. The van der Waals surface area contributed by atoms with Crippen LogP contribution in [0.15, 0.2) is 36.4 Å². The van der Waals surface area contributed by atoms with Gasteiger partial charge >= 0.3 is 11.9 Å². The molecule has 0 bridgehead atoms. The van der Waals surface area contributed by atoms with Crippen molar-refractivity contribution in [2.45, 2.75) is 92.3 Å². The fraction of sp³-hybridized carbons (Fsp3) is 0.625. The molecule has 0 N–H and O–H groups in total. The Bertz CT molecular complexity index is 987. The molecule has 2 saturated carbocycles. The van der Waals surface area contributed by atoms with Crippen molar-refractivity contribution in [1.29, 1.82) is 0 Å². The fourth-order valence-electron chi connectivity index (χ4n) is 6.56. The van der Waals surface area contributed by atoms with Gasteiger partial charge in [-0.25, -0.2) is 9.59 Å². The Labute approximate surface area is 217 Å². The Morgan fingerprint density at radius 2 is 1.06 bits per heavy atom. The highest BCUT2D eigenvalue weighted by atomic mass is 16.5. The molecular weight excluding hydrogens is 448 g/mol. The molecule has 0 heterocycles. The second-order valence-corrected chi connectivity index (χ2v) is 12.2. The number of carbonyl (C=O) groups is 2. The molecule has 0 radical (unpaired) electrons. The van der Waals surface area contributed by atoms with E-state index in [1.807, 2.05) is 24.3 Å². The van der Waals surface area contributed by atoms with Crippen LogP contribution < -0.4 is 0 Å². The highest BCUT2D eigenvalue weighted by molar-refractivity contribution is 6.11. The van der Waals surface area contributed by atoms with E-state index in [1.54, 1.807) is 12.1 Å². The average Bonchev–Trinajstić information content (AvgIpc) is 2.83. The molecule has 4 rings (SSSR count). The summed E-state index contributed by atoms with van der Waals surface area (Å²) < 4.78 is 12.3. The summed E-state index contributed by atoms with van der Waals surface area (Å²) in [6, 6.07) is 11.1. The molecule has 2 aromatic carbocycles.